The van der Waals surface area contributed by atoms with Crippen LogP contribution in [0.4, 0.5) is 11.4 Å². The van der Waals surface area contributed by atoms with Gasteiger partial charge in [0.1, 0.15) is 16.5 Å². The summed E-state index contributed by atoms with van der Waals surface area (Å²) in [4.78, 5) is 30.2. The predicted molar refractivity (Wildman–Crippen MR) is 132 cm³/mol. The first-order valence-corrected chi connectivity index (χ1v) is 11.4. The SMILES string of the molecule is COc1ccc(NC(=O)c2c(C)cc(C)nc2SCC(=O)Nc2cc(Cl)ccc2OC)cc1. The lowest BCUT2D eigenvalue weighted by Crippen LogP contribution is -2.18. The number of nitrogens with one attached hydrogen (secondary N) is 2. The Morgan fingerprint density at radius 2 is 1.73 bits per heavy atom. The largest absolute Gasteiger partial charge is 0.497 e. The number of nitrogens with zero attached hydrogens (tertiary/aromatic N) is 1. The van der Waals surface area contributed by atoms with E-state index in [2.05, 4.69) is 15.6 Å². The number of hydrogen-bond acceptors (Lipinski definition) is 6. The molecule has 9 heteroatoms. The molecule has 2 N–H and O–H groups in total. The monoisotopic (exact) mass is 485 g/mol. The molecule has 0 bridgehead atoms. The Kier molecular flexibility index (Phi) is 8.19. The fraction of sp³-hybridized carbons (Fsp3) is 0.208. The van der Waals surface area contributed by atoms with Crippen molar-refractivity contribution in [2.24, 2.45) is 0 Å². The molecule has 0 aliphatic rings. The highest BCUT2D eigenvalue weighted by molar-refractivity contribution is 8.00. The Balaban J connectivity index is 1.75. The molecule has 1 aromatic heterocycles. The van der Waals surface area contributed by atoms with Crippen molar-refractivity contribution in [2.75, 3.05) is 30.6 Å². The van der Waals surface area contributed by atoms with Gasteiger partial charge in [0.05, 0.1) is 31.2 Å². The molecule has 0 radical (unpaired) electrons. The third-order valence-electron chi connectivity index (χ3n) is 4.66. The molecule has 0 atom stereocenters. The second kappa shape index (κ2) is 11.1. The van der Waals surface area contributed by atoms with Gasteiger partial charge in [0.15, 0.2) is 0 Å². The van der Waals surface area contributed by atoms with Crippen LogP contribution in [0, 0.1) is 13.8 Å². The number of pyridine rings is 1. The number of benzene rings is 2. The van der Waals surface area contributed by atoms with Crippen LogP contribution in [0.25, 0.3) is 0 Å². The van der Waals surface area contributed by atoms with Gasteiger partial charge in [0, 0.05) is 16.4 Å². The minimum atomic E-state index is -0.301. The van der Waals surface area contributed by atoms with Crippen molar-refractivity contribution in [3.05, 3.63) is 70.4 Å². The van der Waals surface area contributed by atoms with Gasteiger partial charge in [-0.1, -0.05) is 23.4 Å². The fourth-order valence-corrected chi connectivity index (χ4v) is 4.27. The second-order valence-corrected chi connectivity index (χ2v) is 8.53. The number of methoxy groups -OCH3 is 2. The van der Waals surface area contributed by atoms with E-state index in [1.807, 2.05) is 19.9 Å². The highest BCUT2D eigenvalue weighted by atomic mass is 35.5. The highest BCUT2D eigenvalue weighted by Gasteiger charge is 2.19. The van der Waals surface area contributed by atoms with Crippen molar-refractivity contribution < 1.29 is 19.1 Å². The molecule has 0 saturated heterocycles. The van der Waals surface area contributed by atoms with E-state index in [0.29, 0.717) is 38.5 Å². The van der Waals surface area contributed by atoms with E-state index >= 15 is 0 Å². The van der Waals surface area contributed by atoms with Crippen molar-refractivity contribution in [1.82, 2.24) is 4.98 Å². The second-order valence-electron chi connectivity index (χ2n) is 7.12. The van der Waals surface area contributed by atoms with Crippen LogP contribution < -0.4 is 20.1 Å². The van der Waals surface area contributed by atoms with Gasteiger partial charge >= 0.3 is 0 Å². The minimum Gasteiger partial charge on any atom is -0.497 e. The first-order valence-electron chi connectivity index (χ1n) is 10.0. The van der Waals surface area contributed by atoms with Crippen LogP contribution in [0.2, 0.25) is 5.02 Å². The fourth-order valence-electron chi connectivity index (χ4n) is 3.15. The molecule has 1 heterocycles. The van der Waals surface area contributed by atoms with Gasteiger partial charge in [0.2, 0.25) is 5.91 Å². The van der Waals surface area contributed by atoms with Gasteiger partial charge in [-0.3, -0.25) is 9.59 Å². The van der Waals surface area contributed by atoms with Crippen molar-refractivity contribution in [2.45, 2.75) is 18.9 Å². The molecule has 0 fully saturated rings. The lowest BCUT2D eigenvalue weighted by molar-refractivity contribution is -0.113. The third kappa shape index (κ3) is 6.40. The summed E-state index contributed by atoms with van der Waals surface area (Å²) in [5.74, 6) is 0.670. The van der Waals surface area contributed by atoms with Crippen LogP contribution in [0.15, 0.2) is 53.6 Å². The minimum absolute atomic E-state index is 0.0500. The molecule has 0 aliphatic heterocycles. The van der Waals surface area contributed by atoms with Crippen molar-refractivity contribution in [1.29, 1.82) is 0 Å². The van der Waals surface area contributed by atoms with Gasteiger partial charge in [-0.2, -0.15) is 0 Å². The number of thioether (sulfide) groups is 1. The average Bonchev–Trinajstić information content (AvgIpc) is 2.78. The average molecular weight is 486 g/mol. The molecule has 7 nitrogen and oxygen atoms in total. The summed E-state index contributed by atoms with van der Waals surface area (Å²) in [5, 5.41) is 6.63. The van der Waals surface area contributed by atoms with E-state index in [4.69, 9.17) is 21.1 Å². The number of halogens is 1. The summed E-state index contributed by atoms with van der Waals surface area (Å²) in [5.41, 5.74) is 3.05. The predicted octanol–water partition coefficient (Wildman–Crippen LogP) is 5.35. The lowest BCUT2D eigenvalue weighted by atomic mass is 10.1. The van der Waals surface area contributed by atoms with Gasteiger partial charge in [-0.25, -0.2) is 4.98 Å². The van der Waals surface area contributed by atoms with Crippen molar-refractivity contribution in [3.8, 4) is 11.5 Å². The van der Waals surface area contributed by atoms with Gasteiger partial charge in [0.25, 0.3) is 5.91 Å². The van der Waals surface area contributed by atoms with Crippen LogP contribution in [-0.2, 0) is 4.79 Å². The molecule has 3 rings (SSSR count). The zero-order valence-electron chi connectivity index (χ0n) is 18.7. The van der Waals surface area contributed by atoms with E-state index in [1.165, 1.54) is 18.9 Å². The summed E-state index contributed by atoms with van der Waals surface area (Å²) in [7, 11) is 3.10. The summed E-state index contributed by atoms with van der Waals surface area (Å²) in [6, 6.07) is 13.9. The molecule has 0 aliphatic carbocycles. The summed E-state index contributed by atoms with van der Waals surface area (Å²) >= 11 is 7.22. The van der Waals surface area contributed by atoms with E-state index in [0.717, 1.165) is 11.3 Å². The number of anilines is 2. The van der Waals surface area contributed by atoms with Crippen LogP contribution in [-0.4, -0.2) is 36.8 Å². The summed E-state index contributed by atoms with van der Waals surface area (Å²) in [6.45, 7) is 3.69. The van der Waals surface area contributed by atoms with Crippen molar-refractivity contribution in [3.63, 3.8) is 0 Å². The van der Waals surface area contributed by atoms with Crippen LogP contribution in [0.5, 0.6) is 11.5 Å². The quantitative estimate of drug-likeness (QED) is 0.418. The Bertz CT molecular complexity index is 1170. The maximum atomic E-state index is 13.1. The summed E-state index contributed by atoms with van der Waals surface area (Å²) < 4.78 is 10.4. The molecule has 33 heavy (non-hydrogen) atoms. The van der Waals surface area contributed by atoms with Gasteiger partial charge < -0.3 is 20.1 Å². The molecule has 2 amide bonds. The van der Waals surface area contributed by atoms with Crippen LogP contribution >= 0.6 is 23.4 Å². The van der Waals surface area contributed by atoms with E-state index in [9.17, 15) is 9.59 Å². The number of amides is 2. The Labute approximate surface area is 201 Å². The first-order chi connectivity index (χ1) is 15.8. The van der Waals surface area contributed by atoms with Crippen molar-refractivity contribution >= 4 is 46.6 Å². The molecule has 172 valence electrons. The first kappa shape index (κ1) is 24.4. The van der Waals surface area contributed by atoms with Gasteiger partial charge in [-0.15, -0.1) is 0 Å². The van der Waals surface area contributed by atoms with E-state index in [-0.39, 0.29) is 17.6 Å². The smallest absolute Gasteiger partial charge is 0.258 e. The number of rotatable bonds is 8. The van der Waals surface area contributed by atoms with Crippen LogP contribution in [0.1, 0.15) is 21.6 Å². The number of carbonyl (C=O) groups excluding carboxylic acids is 2. The van der Waals surface area contributed by atoms with Crippen LogP contribution in [0.3, 0.4) is 0 Å². The lowest BCUT2D eigenvalue weighted by Gasteiger charge is -2.14. The third-order valence-corrected chi connectivity index (χ3v) is 5.87. The molecule has 2 aromatic carbocycles. The molecule has 3 aromatic rings. The molecular formula is C24H24ClN3O4S. The number of aromatic nitrogens is 1. The number of hydrogen-bond donors (Lipinski definition) is 2. The number of carbonyl (C=O) groups is 2. The Morgan fingerprint density at radius 3 is 2.39 bits per heavy atom. The van der Waals surface area contributed by atoms with E-state index < -0.39 is 0 Å². The maximum absolute atomic E-state index is 13.1. The normalized spacial score (nSPS) is 10.5. The highest BCUT2D eigenvalue weighted by Crippen LogP contribution is 2.29. The zero-order chi connectivity index (χ0) is 24.0. The molecule has 0 saturated carbocycles. The van der Waals surface area contributed by atoms with Gasteiger partial charge in [-0.05, 0) is 67.9 Å². The standard InChI is InChI=1S/C24H24ClN3O4S/c1-14-11-15(2)26-24(22(14)23(30)27-17-6-8-18(31-3)9-7-17)33-13-21(29)28-19-12-16(25)5-10-20(19)32-4/h5-12H,13H2,1-4H3,(H,27,30)(H,28,29). The van der Waals surface area contributed by atoms with E-state index in [1.54, 1.807) is 49.6 Å². The number of aryl methyl sites for hydroxylation is 2. The topological polar surface area (TPSA) is 89.5 Å². The Morgan fingerprint density at radius 1 is 1.00 bits per heavy atom. The summed E-state index contributed by atoms with van der Waals surface area (Å²) in [6.07, 6.45) is 0. The number of ether oxygens (including phenoxy) is 2. The molecule has 0 spiro atoms. The molecular weight excluding hydrogens is 462 g/mol. The molecule has 0 unspecified atom stereocenters. The Hall–Kier alpha value is -3.23. The maximum Gasteiger partial charge on any atom is 0.258 e. The zero-order valence-corrected chi connectivity index (χ0v) is 20.3.